The molecular weight excluding hydrogens is 460 g/mol. The number of likely N-dealkylation sites (tertiary alicyclic amines) is 1. The van der Waals surface area contributed by atoms with Gasteiger partial charge in [0.1, 0.15) is 17.6 Å². The number of benzene rings is 1. The molecule has 5 atom stereocenters. The third-order valence-corrected chi connectivity index (χ3v) is 7.99. The fourth-order valence-corrected chi connectivity index (χ4v) is 6.47. The lowest BCUT2D eigenvalue weighted by Gasteiger charge is -2.37. The second kappa shape index (κ2) is 10.7. The lowest BCUT2D eigenvalue weighted by atomic mass is 9.66. The van der Waals surface area contributed by atoms with Gasteiger partial charge in [-0.2, -0.15) is 0 Å². The minimum Gasteiger partial charge on any atom is -0.466 e. The molecule has 1 N–H and O–H groups in total. The van der Waals surface area contributed by atoms with E-state index in [-0.39, 0.29) is 25.0 Å². The third-order valence-electron chi connectivity index (χ3n) is 7.99. The van der Waals surface area contributed by atoms with Crippen LogP contribution in [0.25, 0.3) is 0 Å². The zero-order valence-electron chi connectivity index (χ0n) is 21.4. The molecule has 1 aromatic rings. The summed E-state index contributed by atoms with van der Waals surface area (Å²) >= 11 is 0. The first-order valence-electron chi connectivity index (χ1n) is 13.0. The fraction of sp³-hybridized carbons (Fsp3) is 0.607. The molecule has 1 aromatic carbocycles. The van der Waals surface area contributed by atoms with E-state index in [0.717, 1.165) is 12.0 Å². The predicted molar refractivity (Wildman–Crippen MR) is 134 cm³/mol. The number of fused-ring (bicyclic) bond motifs is 1. The Balaban J connectivity index is 1.70. The van der Waals surface area contributed by atoms with Gasteiger partial charge in [-0.05, 0) is 51.5 Å². The molecule has 8 nitrogen and oxygen atoms in total. The van der Waals surface area contributed by atoms with Crippen molar-refractivity contribution in [2.75, 3.05) is 26.3 Å². The number of hydrogen-bond acceptors (Lipinski definition) is 6. The molecule has 4 rings (SSSR count). The zero-order chi connectivity index (χ0) is 25.9. The number of nitrogens with zero attached hydrogens (tertiary/aromatic N) is 2. The number of aliphatic hydroxyl groups is 1. The average molecular weight is 499 g/mol. The summed E-state index contributed by atoms with van der Waals surface area (Å²) in [4.78, 5) is 44.6. The molecule has 0 aliphatic carbocycles. The molecule has 3 aliphatic rings. The molecule has 3 aliphatic heterocycles. The van der Waals surface area contributed by atoms with Gasteiger partial charge in [-0.3, -0.25) is 14.4 Å². The highest BCUT2D eigenvalue weighted by Crippen LogP contribution is 2.63. The van der Waals surface area contributed by atoms with E-state index in [0.29, 0.717) is 45.3 Å². The first kappa shape index (κ1) is 26.4. The van der Waals surface area contributed by atoms with Crippen LogP contribution in [0.4, 0.5) is 0 Å². The summed E-state index contributed by atoms with van der Waals surface area (Å²) in [6.45, 7) is 8.84. The number of hydrogen-bond donors (Lipinski definition) is 1. The van der Waals surface area contributed by atoms with Crippen LogP contribution in [0.15, 0.2) is 43.0 Å². The fourth-order valence-electron chi connectivity index (χ4n) is 6.47. The normalized spacial score (nSPS) is 30.4. The number of aliphatic hydroxyl groups excluding tert-OH is 1. The van der Waals surface area contributed by atoms with Crippen LogP contribution in [-0.2, 0) is 30.4 Å². The first-order chi connectivity index (χ1) is 17.3. The van der Waals surface area contributed by atoms with Crippen LogP contribution >= 0.6 is 0 Å². The van der Waals surface area contributed by atoms with Crippen molar-refractivity contribution >= 4 is 17.8 Å². The standard InChI is InChI=1S/C28H38N2O6/c1-4-16-29(19-20-12-8-6-9-13-20)25(33)23-28-15-14-27(3,36-28)22(26(34)35-5-2)21(28)24(32)30(23)17-10-7-11-18-31/h4,6,8-9,12-13,21-23,31H,1,5,7,10-11,14-19H2,2-3H3/t21-,22-,23?,27+,28?/m0/s1. The minimum absolute atomic E-state index is 0.0828. The molecule has 36 heavy (non-hydrogen) atoms. The van der Waals surface area contributed by atoms with Crippen molar-refractivity contribution in [3.63, 3.8) is 0 Å². The van der Waals surface area contributed by atoms with Crippen molar-refractivity contribution in [3.05, 3.63) is 48.6 Å². The second-order valence-corrected chi connectivity index (χ2v) is 10.3. The molecule has 3 fully saturated rings. The Kier molecular flexibility index (Phi) is 7.85. The van der Waals surface area contributed by atoms with Crippen LogP contribution in [-0.4, -0.2) is 76.2 Å². The minimum atomic E-state index is -1.06. The first-order valence-corrected chi connectivity index (χ1v) is 13.0. The Hall–Kier alpha value is -2.71. The van der Waals surface area contributed by atoms with Crippen LogP contribution in [0, 0.1) is 11.8 Å². The van der Waals surface area contributed by atoms with Gasteiger partial charge in [-0.1, -0.05) is 36.4 Å². The van der Waals surface area contributed by atoms with Gasteiger partial charge >= 0.3 is 5.97 Å². The highest BCUT2D eigenvalue weighted by atomic mass is 16.6. The van der Waals surface area contributed by atoms with Gasteiger partial charge in [0.05, 0.1) is 18.1 Å². The van der Waals surface area contributed by atoms with E-state index in [4.69, 9.17) is 9.47 Å². The summed E-state index contributed by atoms with van der Waals surface area (Å²) in [7, 11) is 0. The van der Waals surface area contributed by atoms with Gasteiger partial charge in [0.15, 0.2) is 0 Å². The molecule has 196 valence electrons. The highest BCUT2D eigenvalue weighted by molar-refractivity contribution is 5.98. The van der Waals surface area contributed by atoms with Gasteiger partial charge in [0, 0.05) is 26.2 Å². The molecule has 3 saturated heterocycles. The van der Waals surface area contributed by atoms with Gasteiger partial charge in [-0.15, -0.1) is 6.58 Å². The molecule has 1 spiro atoms. The van der Waals surface area contributed by atoms with Crippen molar-refractivity contribution in [1.29, 1.82) is 0 Å². The summed E-state index contributed by atoms with van der Waals surface area (Å²) in [5, 5.41) is 9.19. The Bertz CT molecular complexity index is 984. The van der Waals surface area contributed by atoms with Crippen molar-refractivity contribution in [1.82, 2.24) is 9.80 Å². The van der Waals surface area contributed by atoms with E-state index in [9.17, 15) is 19.5 Å². The molecule has 0 saturated carbocycles. The smallest absolute Gasteiger partial charge is 0.312 e. The molecule has 8 heteroatoms. The monoisotopic (exact) mass is 498 g/mol. The average Bonchev–Trinajstić information content (AvgIpc) is 3.43. The zero-order valence-corrected chi connectivity index (χ0v) is 21.4. The number of ether oxygens (including phenoxy) is 2. The van der Waals surface area contributed by atoms with E-state index in [1.54, 1.807) is 22.8 Å². The molecule has 2 unspecified atom stereocenters. The molecule has 3 heterocycles. The summed E-state index contributed by atoms with van der Waals surface area (Å²) in [6, 6.07) is 8.89. The van der Waals surface area contributed by atoms with E-state index < -0.39 is 35.0 Å². The van der Waals surface area contributed by atoms with Gasteiger partial charge in [-0.25, -0.2) is 0 Å². The van der Waals surface area contributed by atoms with Crippen LogP contribution in [0.5, 0.6) is 0 Å². The number of rotatable bonds is 12. The van der Waals surface area contributed by atoms with Crippen molar-refractivity contribution in [2.45, 2.75) is 69.7 Å². The lowest BCUT2D eigenvalue weighted by Crippen LogP contribution is -2.56. The lowest BCUT2D eigenvalue weighted by molar-refractivity contribution is -0.160. The summed E-state index contributed by atoms with van der Waals surface area (Å²) in [5.74, 6) is -2.31. The molecular formula is C28H38N2O6. The van der Waals surface area contributed by atoms with E-state index in [1.165, 1.54) is 0 Å². The summed E-state index contributed by atoms with van der Waals surface area (Å²) < 4.78 is 12.0. The largest absolute Gasteiger partial charge is 0.466 e. The van der Waals surface area contributed by atoms with E-state index in [1.807, 2.05) is 37.3 Å². The number of amides is 2. The Labute approximate surface area is 213 Å². The number of esters is 1. The van der Waals surface area contributed by atoms with E-state index >= 15 is 0 Å². The molecule has 2 amide bonds. The van der Waals surface area contributed by atoms with Gasteiger partial charge in [0.2, 0.25) is 11.8 Å². The van der Waals surface area contributed by atoms with Gasteiger partial charge < -0.3 is 24.4 Å². The maximum Gasteiger partial charge on any atom is 0.312 e. The van der Waals surface area contributed by atoms with Crippen LogP contribution in [0.2, 0.25) is 0 Å². The quantitative estimate of drug-likeness (QED) is 0.270. The Morgan fingerprint density at radius 3 is 2.67 bits per heavy atom. The maximum absolute atomic E-state index is 14.3. The van der Waals surface area contributed by atoms with Crippen molar-refractivity contribution in [2.24, 2.45) is 11.8 Å². The predicted octanol–water partition coefficient (Wildman–Crippen LogP) is 2.69. The Morgan fingerprint density at radius 1 is 1.25 bits per heavy atom. The third kappa shape index (κ3) is 4.45. The van der Waals surface area contributed by atoms with Crippen LogP contribution in [0.3, 0.4) is 0 Å². The van der Waals surface area contributed by atoms with Crippen molar-refractivity contribution in [3.8, 4) is 0 Å². The Morgan fingerprint density at radius 2 is 2.00 bits per heavy atom. The molecule has 2 bridgehead atoms. The maximum atomic E-state index is 14.3. The number of unbranched alkanes of at least 4 members (excludes halogenated alkanes) is 2. The summed E-state index contributed by atoms with van der Waals surface area (Å²) in [6.07, 6.45) is 4.83. The topological polar surface area (TPSA) is 96.4 Å². The van der Waals surface area contributed by atoms with Crippen LogP contribution in [0.1, 0.15) is 51.5 Å². The second-order valence-electron chi connectivity index (χ2n) is 10.3. The summed E-state index contributed by atoms with van der Waals surface area (Å²) in [5.41, 5.74) is -0.918. The van der Waals surface area contributed by atoms with Crippen LogP contribution < -0.4 is 0 Å². The van der Waals surface area contributed by atoms with Gasteiger partial charge in [0.25, 0.3) is 0 Å². The molecule has 0 radical (unpaired) electrons. The van der Waals surface area contributed by atoms with Crippen molar-refractivity contribution < 1.29 is 29.0 Å². The SMILES string of the molecule is C=CCN(Cc1ccccc1)C(=O)C1N(CCCCCO)C(=O)[C@@H]2[C@@H](C(=O)OCC)[C@@]3(C)CCC12O3. The number of carbonyl (C=O) groups is 3. The molecule has 0 aromatic heterocycles. The highest BCUT2D eigenvalue weighted by Gasteiger charge is 2.78. The number of carbonyl (C=O) groups excluding carboxylic acids is 3. The van der Waals surface area contributed by atoms with E-state index in [2.05, 4.69) is 6.58 Å².